The maximum absolute atomic E-state index is 12.8. The molecule has 27 heavy (non-hydrogen) atoms. The van der Waals surface area contributed by atoms with E-state index in [1.54, 1.807) is 11.1 Å². The van der Waals surface area contributed by atoms with Gasteiger partial charge in [-0.3, -0.25) is 9.59 Å². The Bertz CT molecular complexity index is 814. The number of aryl methyl sites for hydroxylation is 1. The van der Waals surface area contributed by atoms with Crippen molar-refractivity contribution in [3.8, 4) is 0 Å². The maximum Gasteiger partial charge on any atom is 0.242 e. The number of piperazine rings is 1. The minimum absolute atomic E-state index is 0.0215. The molecule has 0 atom stereocenters. The fourth-order valence-electron chi connectivity index (χ4n) is 3.36. The average Bonchev–Trinajstić information content (AvgIpc) is 2.69. The van der Waals surface area contributed by atoms with Crippen LogP contribution in [0.1, 0.15) is 18.1 Å². The van der Waals surface area contributed by atoms with Crippen molar-refractivity contribution in [1.82, 2.24) is 9.88 Å². The number of hydrogen-bond acceptors (Lipinski definition) is 4. The lowest BCUT2D eigenvalue weighted by Gasteiger charge is -2.36. The summed E-state index contributed by atoms with van der Waals surface area (Å²) < 4.78 is 0. The van der Waals surface area contributed by atoms with Crippen LogP contribution in [0.25, 0.3) is 0 Å². The van der Waals surface area contributed by atoms with E-state index >= 15 is 0 Å². The molecule has 0 radical (unpaired) electrons. The molecule has 2 aromatic rings. The third-order valence-electron chi connectivity index (χ3n) is 5.15. The zero-order valence-electron chi connectivity index (χ0n) is 16.2. The van der Waals surface area contributed by atoms with Crippen LogP contribution in [-0.2, 0) is 9.59 Å². The molecule has 0 aliphatic carbocycles. The van der Waals surface area contributed by atoms with Gasteiger partial charge in [-0.15, -0.1) is 0 Å². The standard InChI is InChI=1S/C21H26N4O2/c1-16-7-6-8-19(17(16)2)25(18(3)26)15-21(27)24-13-11-23(12-14-24)20-9-4-5-10-22-20/h4-10H,11-15H2,1-3H3. The normalized spacial score (nSPS) is 14.2. The molecular formula is C21H26N4O2. The number of carbonyl (C=O) groups is 2. The highest BCUT2D eigenvalue weighted by Gasteiger charge is 2.25. The molecule has 0 N–H and O–H groups in total. The number of nitrogens with zero attached hydrogens (tertiary/aromatic N) is 4. The lowest BCUT2D eigenvalue weighted by molar-refractivity contribution is -0.131. The maximum atomic E-state index is 12.8. The van der Waals surface area contributed by atoms with E-state index in [4.69, 9.17) is 0 Å². The topological polar surface area (TPSA) is 56.8 Å². The monoisotopic (exact) mass is 366 g/mol. The van der Waals surface area contributed by atoms with Crippen LogP contribution in [0, 0.1) is 13.8 Å². The van der Waals surface area contributed by atoms with Crippen molar-refractivity contribution in [3.63, 3.8) is 0 Å². The van der Waals surface area contributed by atoms with Gasteiger partial charge in [0.25, 0.3) is 0 Å². The number of hydrogen-bond donors (Lipinski definition) is 0. The van der Waals surface area contributed by atoms with Crippen molar-refractivity contribution in [2.75, 3.05) is 42.5 Å². The lowest BCUT2D eigenvalue weighted by atomic mass is 10.1. The van der Waals surface area contributed by atoms with E-state index in [0.717, 1.165) is 35.7 Å². The van der Waals surface area contributed by atoms with Crippen LogP contribution in [0.5, 0.6) is 0 Å². The second kappa shape index (κ2) is 8.20. The summed E-state index contributed by atoms with van der Waals surface area (Å²) in [5.41, 5.74) is 2.94. The summed E-state index contributed by atoms with van der Waals surface area (Å²) in [6, 6.07) is 11.7. The zero-order chi connectivity index (χ0) is 19.4. The van der Waals surface area contributed by atoms with Gasteiger partial charge >= 0.3 is 0 Å². The van der Waals surface area contributed by atoms with Crippen LogP contribution in [0.4, 0.5) is 11.5 Å². The quantitative estimate of drug-likeness (QED) is 0.834. The molecule has 1 aromatic carbocycles. The Morgan fingerprint density at radius 2 is 1.78 bits per heavy atom. The fourth-order valence-corrected chi connectivity index (χ4v) is 3.36. The van der Waals surface area contributed by atoms with Gasteiger partial charge in [-0.1, -0.05) is 18.2 Å². The second-order valence-corrected chi connectivity index (χ2v) is 6.88. The largest absolute Gasteiger partial charge is 0.353 e. The van der Waals surface area contributed by atoms with Gasteiger partial charge < -0.3 is 14.7 Å². The van der Waals surface area contributed by atoms with Crippen molar-refractivity contribution in [2.45, 2.75) is 20.8 Å². The number of amides is 2. The van der Waals surface area contributed by atoms with Crippen LogP contribution in [0.15, 0.2) is 42.6 Å². The number of benzene rings is 1. The van der Waals surface area contributed by atoms with E-state index in [-0.39, 0.29) is 18.4 Å². The van der Waals surface area contributed by atoms with Gasteiger partial charge in [0.1, 0.15) is 12.4 Å². The van der Waals surface area contributed by atoms with E-state index in [9.17, 15) is 9.59 Å². The summed E-state index contributed by atoms with van der Waals surface area (Å²) in [5, 5.41) is 0. The predicted octanol–water partition coefficient (Wildman–Crippen LogP) is 2.40. The van der Waals surface area contributed by atoms with Gasteiger partial charge in [0.05, 0.1) is 0 Å². The summed E-state index contributed by atoms with van der Waals surface area (Å²) in [6.07, 6.45) is 1.78. The fraction of sp³-hybridized carbons (Fsp3) is 0.381. The van der Waals surface area contributed by atoms with E-state index < -0.39 is 0 Å². The smallest absolute Gasteiger partial charge is 0.242 e. The highest BCUT2D eigenvalue weighted by molar-refractivity contribution is 5.98. The van der Waals surface area contributed by atoms with Crippen molar-refractivity contribution in [2.24, 2.45) is 0 Å². The van der Waals surface area contributed by atoms with E-state index in [2.05, 4.69) is 9.88 Å². The SMILES string of the molecule is CC(=O)N(CC(=O)N1CCN(c2ccccn2)CC1)c1cccc(C)c1C. The van der Waals surface area contributed by atoms with Crippen molar-refractivity contribution >= 4 is 23.3 Å². The van der Waals surface area contributed by atoms with Crippen molar-refractivity contribution in [3.05, 3.63) is 53.7 Å². The van der Waals surface area contributed by atoms with E-state index in [0.29, 0.717) is 13.1 Å². The second-order valence-electron chi connectivity index (χ2n) is 6.88. The summed E-state index contributed by atoms with van der Waals surface area (Å²) in [7, 11) is 0. The summed E-state index contributed by atoms with van der Waals surface area (Å²) in [5.74, 6) is 0.793. The predicted molar refractivity (Wildman–Crippen MR) is 107 cm³/mol. The minimum Gasteiger partial charge on any atom is -0.353 e. The molecule has 0 spiro atoms. The molecule has 1 aliphatic rings. The van der Waals surface area contributed by atoms with E-state index in [1.807, 2.05) is 55.1 Å². The first-order valence-corrected chi connectivity index (χ1v) is 9.25. The Balaban J connectivity index is 1.65. The van der Waals surface area contributed by atoms with Crippen LogP contribution in [0.3, 0.4) is 0 Å². The van der Waals surface area contributed by atoms with Gasteiger partial charge in [0.15, 0.2) is 0 Å². The van der Waals surface area contributed by atoms with Crippen LogP contribution in [-0.4, -0.2) is 54.4 Å². The molecule has 0 saturated carbocycles. The first-order chi connectivity index (χ1) is 13.0. The van der Waals surface area contributed by atoms with Gasteiger partial charge in [0.2, 0.25) is 11.8 Å². The third kappa shape index (κ3) is 4.27. The lowest BCUT2D eigenvalue weighted by Crippen LogP contribution is -2.52. The number of aromatic nitrogens is 1. The van der Waals surface area contributed by atoms with Gasteiger partial charge in [0, 0.05) is 45.0 Å². The Kier molecular flexibility index (Phi) is 5.74. The molecule has 2 heterocycles. The van der Waals surface area contributed by atoms with Gasteiger partial charge in [-0.2, -0.15) is 0 Å². The van der Waals surface area contributed by atoms with E-state index in [1.165, 1.54) is 6.92 Å². The molecule has 1 aliphatic heterocycles. The molecule has 1 aromatic heterocycles. The zero-order valence-corrected chi connectivity index (χ0v) is 16.2. The highest BCUT2D eigenvalue weighted by Crippen LogP contribution is 2.23. The first-order valence-electron chi connectivity index (χ1n) is 9.25. The number of carbonyl (C=O) groups excluding carboxylic acids is 2. The van der Waals surface area contributed by atoms with Crippen LogP contribution >= 0.6 is 0 Å². The third-order valence-corrected chi connectivity index (χ3v) is 5.15. The van der Waals surface area contributed by atoms with Crippen molar-refractivity contribution < 1.29 is 9.59 Å². The highest BCUT2D eigenvalue weighted by atomic mass is 16.2. The molecule has 1 fully saturated rings. The Hall–Kier alpha value is -2.89. The summed E-state index contributed by atoms with van der Waals surface area (Å²) in [6.45, 7) is 8.32. The molecule has 1 saturated heterocycles. The summed E-state index contributed by atoms with van der Waals surface area (Å²) in [4.78, 5) is 35.0. The van der Waals surface area contributed by atoms with Crippen molar-refractivity contribution in [1.29, 1.82) is 0 Å². The molecule has 3 rings (SSSR count). The number of pyridine rings is 1. The van der Waals surface area contributed by atoms with Crippen LogP contribution in [0.2, 0.25) is 0 Å². The molecule has 2 amide bonds. The van der Waals surface area contributed by atoms with Crippen LogP contribution < -0.4 is 9.80 Å². The number of anilines is 2. The van der Waals surface area contributed by atoms with Gasteiger partial charge in [-0.25, -0.2) is 4.98 Å². The summed E-state index contributed by atoms with van der Waals surface area (Å²) >= 11 is 0. The molecule has 0 unspecified atom stereocenters. The molecule has 142 valence electrons. The molecule has 0 bridgehead atoms. The molecular weight excluding hydrogens is 340 g/mol. The Morgan fingerprint density at radius 1 is 1.04 bits per heavy atom. The van der Waals surface area contributed by atoms with Gasteiger partial charge in [-0.05, 0) is 43.2 Å². The first kappa shape index (κ1) is 18.9. The Morgan fingerprint density at radius 3 is 2.41 bits per heavy atom. The minimum atomic E-state index is -0.121. The number of rotatable bonds is 4. The molecule has 6 heteroatoms. The average molecular weight is 366 g/mol. The molecule has 6 nitrogen and oxygen atoms in total. The Labute approximate surface area is 160 Å².